The summed E-state index contributed by atoms with van der Waals surface area (Å²) < 4.78 is 59.7. The minimum absolute atomic E-state index is 0.113. The van der Waals surface area contributed by atoms with E-state index in [1.807, 2.05) is 13.8 Å². The Morgan fingerprint density at radius 2 is 1.47 bits per heavy atom. The zero-order chi connectivity index (χ0) is 27.1. The van der Waals surface area contributed by atoms with Crippen molar-refractivity contribution in [2.24, 2.45) is 0 Å². The Kier molecular flexibility index (Phi) is 9.74. The number of halogens is 3. The highest BCUT2D eigenvalue weighted by Gasteiger charge is 2.38. The summed E-state index contributed by atoms with van der Waals surface area (Å²) in [6.07, 6.45) is -0.738. The van der Waals surface area contributed by atoms with Crippen molar-refractivity contribution < 1.29 is 41.4 Å². The number of benzene rings is 2. The van der Waals surface area contributed by atoms with E-state index >= 15 is 0 Å². The van der Waals surface area contributed by atoms with Gasteiger partial charge in [0.25, 0.3) is 10.0 Å². The molecule has 3 rings (SSSR count). The summed E-state index contributed by atoms with van der Waals surface area (Å²) >= 11 is 0. The van der Waals surface area contributed by atoms with E-state index in [4.69, 9.17) is 9.90 Å². The lowest BCUT2D eigenvalue weighted by atomic mass is 10.0. The molecule has 0 aromatic heterocycles. The summed E-state index contributed by atoms with van der Waals surface area (Å²) in [4.78, 5) is 23.0. The Hall–Kier alpha value is -3.28. The van der Waals surface area contributed by atoms with E-state index < -0.39 is 28.1 Å². The van der Waals surface area contributed by atoms with Crippen LogP contribution < -0.4 is 9.62 Å². The maximum atomic E-state index is 12.7. The molecule has 1 aliphatic heterocycles. The molecule has 0 atom stereocenters. The molecule has 198 valence electrons. The summed E-state index contributed by atoms with van der Waals surface area (Å²) in [6.45, 7) is 5.71. The van der Waals surface area contributed by atoms with Crippen LogP contribution in [0.15, 0.2) is 47.4 Å². The van der Waals surface area contributed by atoms with Gasteiger partial charge in [-0.15, -0.1) is 0 Å². The van der Waals surface area contributed by atoms with Gasteiger partial charge >= 0.3 is 18.1 Å². The Morgan fingerprint density at radius 3 is 1.92 bits per heavy atom. The van der Waals surface area contributed by atoms with Gasteiger partial charge in [-0.1, -0.05) is 38.8 Å². The first kappa shape index (κ1) is 29.0. The average molecular weight is 531 g/mol. The van der Waals surface area contributed by atoms with Crippen LogP contribution in [0.1, 0.15) is 61.4 Å². The number of nitrogens with zero attached hydrogens (tertiary/aromatic N) is 1. The third kappa shape index (κ3) is 8.14. The first-order valence-electron chi connectivity index (χ1n) is 11.3. The number of anilines is 2. The fourth-order valence-corrected chi connectivity index (χ4v) is 4.65. The van der Waals surface area contributed by atoms with Gasteiger partial charge in [0, 0.05) is 18.8 Å². The highest BCUT2D eigenvalue weighted by Crippen LogP contribution is 2.28. The molecule has 0 radical (unpaired) electrons. The number of carboxylic acid groups (broad SMARTS) is 2. The molecule has 8 nitrogen and oxygen atoms in total. The molecule has 0 spiro atoms. The molecule has 3 N–H and O–H groups in total. The van der Waals surface area contributed by atoms with Crippen LogP contribution in [-0.4, -0.2) is 49.8 Å². The zero-order valence-electron chi connectivity index (χ0n) is 19.9. The van der Waals surface area contributed by atoms with Crippen LogP contribution in [0.25, 0.3) is 0 Å². The van der Waals surface area contributed by atoms with Gasteiger partial charge in [-0.25, -0.2) is 18.0 Å². The predicted octanol–water partition coefficient (Wildman–Crippen LogP) is 5.32. The van der Waals surface area contributed by atoms with Crippen molar-refractivity contribution in [1.29, 1.82) is 0 Å². The van der Waals surface area contributed by atoms with Crippen molar-refractivity contribution in [3.05, 3.63) is 53.6 Å². The molecule has 1 aliphatic rings. The van der Waals surface area contributed by atoms with E-state index in [2.05, 4.69) is 9.62 Å². The molecule has 12 heteroatoms. The van der Waals surface area contributed by atoms with Crippen LogP contribution in [0.5, 0.6) is 0 Å². The summed E-state index contributed by atoms with van der Waals surface area (Å²) in [5.41, 5.74) is 2.05. The van der Waals surface area contributed by atoms with Gasteiger partial charge in [0.05, 0.1) is 16.1 Å². The minimum Gasteiger partial charge on any atom is -0.478 e. The van der Waals surface area contributed by atoms with E-state index in [1.165, 1.54) is 6.07 Å². The monoisotopic (exact) mass is 530 g/mol. The second-order valence-corrected chi connectivity index (χ2v) is 10.3. The number of aliphatic carboxylic acids is 1. The number of alkyl halides is 3. The van der Waals surface area contributed by atoms with Crippen molar-refractivity contribution in [2.45, 2.75) is 56.5 Å². The lowest BCUT2D eigenvalue weighted by Gasteiger charge is -2.25. The third-order valence-electron chi connectivity index (χ3n) is 5.53. The molecular weight excluding hydrogens is 501 g/mol. The predicted molar refractivity (Wildman–Crippen MR) is 129 cm³/mol. The first-order valence-corrected chi connectivity index (χ1v) is 12.8. The largest absolute Gasteiger partial charge is 0.490 e. The number of hydrogen-bond donors (Lipinski definition) is 3. The number of nitrogens with one attached hydrogen (secondary N) is 1. The highest BCUT2D eigenvalue weighted by molar-refractivity contribution is 7.92. The molecule has 0 aliphatic carbocycles. The Morgan fingerprint density at radius 1 is 0.944 bits per heavy atom. The van der Waals surface area contributed by atoms with Crippen molar-refractivity contribution in [3.8, 4) is 0 Å². The number of hydrogen-bond acceptors (Lipinski definition) is 5. The molecule has 0 amide bonds. The Bertz CT molecular complexity index is 1160. The van der Waals surface area contributed by atoms with Gasteiger partial charge in [-0.2, -0.15) is 13.2 Å². The minimum atomic E-state index is -5.08. The number of carboxylic acids is 2. The van der Waals surface area contributed by atoms with E-state index in [-0.39, 0.29) is 16.1 Å². The van der Waals surface area contributed by atoms with Crippen LogP contribution >= 0.6 is 0 Å². The highest BCUT2D eigenvalue weighted by atomic mass is 32.2. The van der Waals surface area contributed by atoms with Gasteiger partial charge < -0.3 is 15.1 Å². The van der Waals surface area contributed by atoms with Crippen molar-refractivity contribution in [1.82, 2.24) is 0 Å². The second kappa shape index (κ2) is 12.1. The molecule has 0 unspecified atom stereocenters. The molecule has 0 bridgehead atoms. The maximum absolute atomic E-state index is 12.7. The summed E-state index contributed by atoms with van der Waals surface area (Å²) in [5.74, 6) is -3.51. The molecule has 1 saturated heterocycles. The topological polar surface area (TPSA) is 124 Å². The first-order chi connectivity index (χ1) is 16.7. The van der Waals surface area contributed by atoms with E-state index in [1.54, 1.807) is 36.4 Å². The van der Waals surface area contributed by atoms with E-state index in [0.29, 0.717) is 11.6 Å². The molecule has 1 fully saturated rings. The van der Waals surface area contributed by atoms with E-state index in [0.717, 1.165) is 44.3 Å². The SMILES string of the molecule is CC(C)c1ccc(S(=O)(=O)Nc2ccc(N3CCCCCC3)c(C(=O)O)c2)cc1.O=C(O)C(F)(F)F. The Labute approximate surface area is 207 Å². The smallest absolute Gasteiger partial charge is 0.478 e. The second-order valence-electron chi connectivity index (χ2n) is 8.57. The van der Waals surface area contributed by atoms with Gasteiger partial charge in [0.1, 0.15) is 0 Å². The third-order valence-corrected chi connectivity index (χ3v) is 6.92. The van der Waals surface area contributed by atoms with Crippen LogP contribution in [0.4, 0.5) is 24.5 Å². The number of carbonyl (C=O) groups is 2. The van der Waals surface area contributed by atoms with E-state index in [9.17, 15) is 31.5 Å². The van der Waals surface area contributed by atoms with Crippen LogP contribution in [0.3, 0.4) is 0 Å². The molecule has 36 heavy (non-hydrogen) atoms. The van der Waals surface area contributed by atoms with Gasteiger partial charge in [0.15, 0.2) is 0 Å². The summed E-state index contributed by atoms with van der Waals surface area (Å²) in [6, 6.07) is 11.5. The maximum Gasteiger partial charge on any atom is 0.490 e. The number of sulfonamides is 1. The van der Waals surface area contributed by atoms with Crippen LogP contribution in [0.2, 0.25) is 0 Å². The van der Waals surface area contributed by atoms with Crippen LogP contribution in [-0.2, 0) is 14.8 Å². The van der Waals surface area contributed by atoms with Gasteiger partial charge in [-0.05, 0) is 54.7 Å². The van der Waals surface area contributed by atoms with Crippen molar-refractivity contribution >= 4 is 33.3 Å². The molecule has 2 aromatic rings. The molecule has 2 aromatic carbocycles. The Balaban J connectivity index is 0.000000572. The standard InChI is InChI=1S/C22H28N2O4S.C2HF3O2/c1-16(2)17-7-10-19(11-8-17)29(27,28)23-18-9-12-21(20(15-18)22(25)26)24-13-5-3-4-6-14-24;3-2(4,5)1(6)7/h7-12,15-16,23H,3-6,13-14H2,1-2H3,(H,25,26);(H,6,7). The van der Waals surface area contributed by atoms with Gasteiger partial charge in [-0.3, -0.25) is 4.72 Å². The molecule has 1 heterocycles. The normalized spacial score (nSPS) is 14.4. The molecule has 0 saturated carbocycles. The average Bonchev–Trinajstić information content (AvgIpc) is 3.08. The lowest BCUT2D eigenvalue weighted by molar-refractivity contribution is -0.192. The van der Waals surface area contributed by atoms with Crippen LogP contribution in [0, 0.1) is 0 Å². The quantitative estimate of drug-likeness (QED) is 0.462. The number of aromatic carboxylic acids is 1. The number of rotatable bonds is 6. The summed E-state index contributed by atoms with van der Waals surface area (Å²) in [5, 5.41) is 16.8. The fraction of sp³-hybridized carbons (Fsp3) is 0.417. The fourth-order valence-electron chi connectivity index (χ4n) is 3.60. The molecular formula is C24H29F3N2O6S. The van der Waals surface area contributed by atoms with Crippen molar-refractivity contribution in [2.75, 3.05) is 22.7 Å². The summed E-state index contributed by atoms with van der Waals surface area (Å²) in [7, 11) is -3.80. The van der Waals surface area contributed by atoms with Gasteiger partial charge in [0.2, 0.25) is 0 Å². The lowest BCUT2D eigenvalue weighted by Crippen LogP contribution is -2.26. The zero-order valence-corrected chi connectivity index (χ0v) is 20.7. The van der Waals surface area contributed by atoms with Crippen molar-refractivity contribution in [3.63, 3.8) is 0 Å².